The maximum absolute atomic E-state index is 13.3. The van der Waals surface area contributed by atoms with Gasteiger partial charge in [0.15, 0.2) is 5.16 Å². The number of aromatic nitrogens is 2. The summed E-state index contributed by atoms with van der Waals surface area (Å²) in [4.78, 5) is 44.5. The van der Waals surface area contributed by atoms with Crippen molar-refractivity contribution in [1.29, 1.82) is 0 Å². The quantitative estimate of drug-likeness (QED) is 0.273. The van der Waals surface area contributed by atoms with Gasteiger partial charge in [-0.1, -0.05) is 11.8 Å². The molecule has 0 unspecified atom stereocenters. The van der Waals surface area contributed by atoms with Gasteiger partial charge in [-0.2, -0.15) is 0 Å². The molecule has 3 aromatic rings. The Morgan fingerprint density at radius 3 is 2.76 bits per heavy atom. The number of furan rings is 1. The van der Waals surface area contributed by atoms with E-state index in [4.69, 9.17) is 13.9 Å². The average Bonchev–Trinajstić information content (AvgIpc) is 3.39. The molecule has 1 fully saturated rings. The van der Waals surface area contributed by atoms with E-state index in [0.717, 1.165) is 13.1 Å². The van der Waals surface area contributed by atoms with Crippen molar-refractivity contribution >= 4 is 34.5 Å². The number of thioether (sulfide) groups is 1. The highest BCUT2D eigenvalue weighted by Crippen LogP contribution is 2.19. The van der Waals surface area contributed by atoms with Gasteiger partial charge in [0.25, 0.3) is 5.56 Å². The van der Waals surface area contributed by atoms with Crippen LogP contribution in [0.4, 0.5) is 0 Å². The van der Waals surface area contributed by atoms with E-state index in [2.05, 4.69) is 15.2 Å². The molecule has 0 aliphatic carbocycles. The van der Waals surface area contributed by atoms with Gasteiger partial charge in [-0.3, -0.25) is 19.1 Å². The van der Waals surface area contributed by atoms with Crippen molar-refractivity contribution in [3.63, 3.8) is 0 Å². The number of carbonyl (C=O) groups is 2. The van der Waals surface area contributed by atoms with Gasteiger partial charge in [-0.15, -0.1) is 0 Å². The van der Waals surface area contributed by atoms with Crippen LogP contribution < -0.4 is 10.9 Å². The number of nitrogens with zero attached hydrogens (tertiary/aromatic N) is 3. The second kappa shape index (κ2) is 11.3. The van der Waals surface area contributed by atoms with Crippen molar-refractivity contribution in [3.8, 4) is 0 Å². The lowest BCUT2D eigenvalue weighted by molar-refractivity contribution is -0.118. The minimum absolute atomic E-state index is 0.0763. The molecule has 2 aromatic heterocycles. The van der Waals surface area contributed by atoms with E-state index in [1.165, 1.54) is 24.9 Å². The maximum atomic E-state index is 13.3. The molecule has 34 heavy (non-hydrogen) atoms. The monoisotopic (exact) mass is 486 g/mol. The number of esters is 1. The third-order valence-electron chi connectivity index (χ3n) is 5.46. The minimum Gasteiger partial charge on any atom is -0.467 e. The summed E-state index contributed by atoms with van der Waals surface area (Å²) in [5, 5.41) is 3.61. The van der Waals surface area contributed by atoms with Crippen LogP contribution in [0.25, 0.3) is 10.9 Å². The van der Waals surface area contributed by atoms with Crippen LogP contribution >= 0.6 is 11.8 Å². The lowest BCUT2D eigenvalue weighted by Crippen LogP contribution is -2.39. The predicted octanol–water partition coefficient (Wildman–Crippen LogP) is 1.52. The highest BCUT2D eigenvalue weighted by molar-refractivity contribution is 7.99. The molecule has 1 amide bonds. The molecular formula is C23H26N4O6S. The van der Waals surface area contributed by atoms with Gasteiger partial charge in [-0.05, 0) is 30.3 Å². The van der Waals surface area contributed by atoms with E-state index < -0.39 is 5.97 Å². The Morgan fingerprint density at radius 2 is 2.03 bits per heavy atom. The highest BCUT2D eigenvalue weighted by Gasteiger charge is 2.17. The highest BCUT2D eigenvalue weighted by atomic mass is 32.2. The second-order valence-corrected chi connectivity index (χ2v) is 8.62. The Hall–Kier alpha value is -3.15. The molecule has 1 aliphatic heterocycles. The van der Waals surface area contributed by atoms with Crippen LogP contribution in [0.5, 0.6) is 0 Å². The number of ether oxygens (including phenoxy) is 2. The first-order valence-electron chi connectivity index (χ1n) is 10.9. The van der Waals surface area contributed by atoms with E-state index in [1.54, 1.807) is 35.1 Å². The summed E-state index contributed by atoms with van der Waals surface area (Å²) in [6.45, 7) is 4.30. The van der Waals surface area contributed by atoms with E-state index >= 15 is 0 Å². The largest absolute Gasteiger partial charge is 0.467 e. The number of morpholine rings is 1. The summed E-state index contributed by atoms with van der Waals surface area (Å²) in [5.41, 5.74) is 0.474. The molecule has 11 heteroatoms. The van der Waals surface area contributed by atoms with Crippen molar-refractivity contribution in [2.75, 3.05) is 45.7 Å². The van der Waals surface area contributed by atoms with Gasteiger partial charge in [0, 0.05) is 26.2 Å². The zero-order chi connectivity index (χ0) is 23.9. The van der Waals surface area contributed by atoms with Gasteiger partial charge < -0.3 is 19.2 Å². The van der Waals surface area contributed by atoms with Gasteiger partial charge in [-0.25, -0.2) is 9.78 Å². The number of nitrogens with one attached hydrogen (secondary N) is 1. The minimum atomic E-state index is -0.508. The fourth-order valence-electron chi connectivity index (χ4n) is 3.60. The molecule has 0 saturated carbocycles. The zero-order valence-electron chi connectivity index (χ0n) is 18.8. The summed E-state index contributed by atoms with van der Waals surface area (Å²) >= 11 is 1.18. The molecule has 10 nitrogen and oxygen atoms in total. The Balaban J connectivity index is 1.56. The number of hydrogen-bond acceptors (Lipinski definition) is 9. The number of carbonyl (C=O) groups excluding carboxylic acids is 2. The molecule has 0 atom stereocenters. The Morgan fingerprint density at radius 1 is 1.21 bits per heavy atom. The molecular weight excluding hydrogens is 460 g/mol. The Labute approximate surface area is 200 Å². The molecule has 0 radical (unpaired) electrons. The summed E-state index contributed by atoms with van der Waals surface area (Å²) in [6, 6.07) is 8.21. The molecule has 1 aromatic carbocycles. The first-order chi connectivity index (χ1) is 16.5. The van der Waals surface area contributed by atoms with Crippen LogP contribution in [-0.2, 0) is 27.4 Å². The number of hydrogen-bond donors (Lipinski definition) is 1. The average molecular weight is 487 g/mol. The topological polar surface area (TPSA) is 116 Å². The van der Waals surface area contributed by atoms with Crippen molar-refractivity contribution < 1.29 is 23.5 Å². The van der Waals surface area contributed by atoms with E-state index in [0.29, 0.717) is 53.7 Å². The normalized spacial score (nSPS) is 14.3. The molecule has 3 heterocycles. The van der Waals surface area contributed by atoms with E-state index in [1.807, 2.05) is 0 Å². The molecule has 180 valence electrons. The third kappa shape index (κ3) is 5.85. The van der Waals surface area contributed by atoms with E-state index in [-0.39, 0.29) is 23.8 Å². The summed E-state index contributed by atoms with van der Waals surface area (Å²) in [5.74, 6) is 0.0119. The lowest BCUT2D eigenvalue weighted by Gasteiger charge is -2.27. The second-order valence-electron chi connectivity index (χ2n) is 7.67. The smallest absolute Gasteiger partial charge is 0.337 e. The summed E-state index contributed by atoms with van der Waals surface area (Å²) in [7, 11) is 1.30. The number of fused-ring (bicyclic) bond motifs is 1. The zero-order valence-corrected chi connectivity index (χ0v) is 19.6. The molecule has 4 rings (SSSR count). The van der Waals surface area contributed by atoms with Crippen molar-refractivity contribution in [2.24, 2.45) is 0 Å². The number of methoxy groups -OCH3 is 1. The van der Waals surface area contributed by atoms with Crippen LogP contribution in [0, 0.1) is 0 Å². The van der Waals surface area contributed by atoms with Gasteiger partial charge in [0.1, 0.15) is 5.76 Å². The summed E-state index contributed by atoms with van der Waals surface area (Å²) in [6.07, 6.45) is 1.55. The van der Waals surface area contributed by atoms with Crippen molar-refractivity contribution in [3.05, 3.63) is 58.3 Å². The number of benzene rings is 1. The standard InChI is InChI=1S/C23H26N4O6S/c1-31-22(30)16-4-5-18-19(13-16)25-23(34-15-20(28)24-14-17-3-2-10-33-17)27(21(18)29)7-6-26-8-11-32-12-9-26/h2-5,10,13H,6-9,11-12,14-15H2,1H3,(H,24,28). The van der Waals surface area contributed by atoms with Crippen LogP contribution in [0.1, 0.15) is 16.1 Å². The van der Waals surface area contributed by atoms with Crippen molar-refractivity contribution in [1.82, 2.24) is 19.8 Å². The lowest BCUT2D eigenvalue weighted by atomic mass is 10.1. The van der Waals surface area contributed by atoms with Crippen LogP contribution in [0.3, 0.4) is 0 Å². The fraction of sp³-hybridized carbons (Fsp3) is 0.391. The fourth-order valence-corrected chi connectivity index (χ4v) is 4.45. The van der Waals surface area contributed by atoms with Gasteiger partial charge >= 0.3 is 5.97 Å². The van der Waals surface area contributed by atoms with Gasteiger partial charge in [0.2, 0.25) is 5.91 Å². The maximum Gasteiger partial charge on any atom is 0.337 e. The van der Waals surface area contributed by atoms with Gasteiger partial charge in [0.05, 0.1) is 55.4 Å². The molecule has 1 N–H and O–H groups in total. The number of rotatable bonds is 9. The number of amides is 1. The molecule has 1 aliphatic rings. The summed E-state index contributed by atoms with van der Waals surface area (Å²) < 4.78 is 17.0. The van der Waals surface area contributed by atoms with Crippen LogP contribution in [-0.4, -0.2) is 72.0 Å². The molecule has 0 bridgehead atoms. The SMILES string of the molecule is COC(=O)c1ccc2c(=O)n(CCN3CCOCC3)c(SCC(=O)NCc3ccco3)nc2c1. The molecule has 1 saturated heterocycles. The Kier molecular flexibility index (Phi) is 7.99. The van der Waals surface area contributed by atoms with E-state index in [9.17, 15) is 14.4 Å². The first kappa shape index (κ1) is 24.0. The van der Waals surface area contributed by atoms with Crippen LogP contribution in [0.15, 0.2) is 51.0 Å². The Bertz CT molecular complexity index is 1200. The first-order valence-corrected chi connectivity index (χ1v) is 11.9. The molecule has 0 spiro atoms. The van der Waals surface area contributed by atoms with Crippen molar-refractivity contribution in [2.45, 2.75) is 18.2 Å². The van der Waals surface area contributed by atoms with Crippen LogP contribution in [0.2, 0.25) is 0 Å². The predicted molar refractivity (Wildman–Crippen MR) is 126 cm³/mol. The third-order valence-corrected chi connectivity index (χ3v) is 6.43.